The first-order valence-corrected chi connectivity index (χ1v) is 11.4. The topological polar surface area (TPSA) is 79.4 Å². The molecule has 2 atom stereocenters. The average molecular weight is 452 g/mol. The van der Waals surface area contributed by atoms with Crippen molar-refractivity contribution in [3.8, 4) is 0 Å². The van der Waals surface area contributed by atoms with Gasteiger partial charge in [0.25, 0.3) is 5.91 Å². The Labute approximate surface area is 198 Å². The molecule has 0 radical (unpaired) electrons. The molecule has 3 aromatic rings. The van der Waals surface area contributed by atoms with Gasteiger partial charge >= 0.3 is 0 Å². The third kappa shape index (κ3) is 4.15. The summed E-state index contributed by atoms with van der Waals surface area (Å²) in [6, 6.07) is 18.4. The summed E-state index contributed by atoms with van der Waals surface area (Å²) in [6.45, 7) is 1.99. The molecule has 170 valence electrons. The second-order valence-electron chi connectivity index (χ2n) is 8.92. The van der Waals surface area contributed by atoms with Gasteiger partial charge in [0, 0.05) is 18.1 Å². The molecule has 0 saturated carbocycles. The molecule has 1 saturated heterocycles. The second-order valence-corrected chi connectivity index (χ2v) is 8.92. The molecule has 1 N–H and O–H groups in total. The highest BCUT2D eigenvalue weighted by molar-refractivity contribution is 6.25. The van der Waals surface area contributed by atoms with Crippen LogP contribution in [0.15, 0.2) is 84.7 Å². The number of rotatable bonds is 5. The summed E-state index contributed by atoms with van der Waals surface area (Å²) in [5.74, 6) is -1.49. The summed E-state index contributed by atoms with van der Waals surface area (Å²) in [5.41, 5.74) is 4.69. The van der Waals surface area contributed by atoms with E-state index in [0.717, 1.165) is 23.1 Å². The minimum Gasteiger partial charge on any atom is -0.322 e. The Balaban J connectivity index is 1.34. The first-order chi connectivity index (χ1) is 16.5. The van der Waals surface area contributed by atoms with Crippen molar-refractivity contribution in [3.63, 3.8) is 0 Å². The van der Waals surface area contributed by atoms with Gasteiger partial charge in [-0.1, -0.05) is 35.9 Å². The highest BCUT2D eigenvalue weighted by Gasteiger charge is 2.49. The summed E-state index contributed by atoms with van der Waals surface area (Å²) in [4.78, 5) is 44.7. The predicted molar refractivity (Wildman–Crippen MR) is 130 cm³/mol. The van der Waals surface area contributed by atoms with Crippen LogP contribution in [-0.2, 0) is 16.0 Å². The Morgan fingerprint density at radius 2 is 1.62 bits per heavy atom. The lowest BCUT2D eigenvalue weighted by atomic mass is 9.82. The fourth-order valence-corrected chi connectivity index (χ4v) is 4.78. The number of anilines is 2. The quantitative estimate of drug-likeness (QED) is 0.448. The number of carbonyl (C=O) groups excluding carboxylic acids is 3. The Kier molecular flexibility index (Phi) is 5.80. The van der Waals surface area contributed by atoms with Crippen molar-refractivity contribution < 1.29 is 14.4 Å². The summed E-state index contributed by atoms with van der Waals surface area (Å²) in [5, 5.41) is 2.90. The lowest BCUT2D eigenvalue weighted by molar-refractivity contribution is -0.122. The maximum Gasteiger partial charge on any atom is 0.257 e. The van der Waals surface area contributed by atoms with Crippen LogP contribution in [0.1, 0.15) is 41.3 Å². The second kappa shape index (κ2) is 9.06. The molecule has 34 heavy (non-hydrogen) atoms. The molecule has 5 rings (SSSR count). The van der Waals surface area contributed by atoms with Crippen LogP contribution < -0.4 is 10.2 Å². The Bertz CT molecular complexity index is 1280. The molecule has 1 aliphatic carbocycles. The molecule has 2 heterocycles. The zero-order valence-electron chi connectivity index (χ0n) is 18.9. The number of nitrogens with one attached hydrogen (secondary N) is 1. The van der Waals surface area contributed by atoms with E-state index >= 15 is 0 Å². The van der Waals surface area contributed by atoms with Crippen LogP contribution in [-0.4, -0.2) is 22.7 Å². The molecule has 1 aliphatic heterocycles. The maximum atomic E-state index is 13.2. The van der Waals surface area contributed by atoms with Gasteiger partial charge in [0.2, 0.25) is 11.8 Å². The maximum absolute atomic E-state index is 13.2. The van der Waals surface area contributed by atoms with Crippen LogP contribution >= 0.6 is 0 Å². The van der Waals surface area contributed by atoms with Crippen molar-refractivity contribution in [3.05, 3.63) is 101 Å². The summed E-state index contributed by atoms with van der Waals surface area (Å²) in [7, 11) is 0. The van der Waals surface area contributed by atoms with E-state index in [-0.39, 0.29) is 29.6 Å². The molecule has 0 unspecified atom stereocenters. The molecule has 0 spiro atoms. The molecule has 2 aliphatic rings. The molecule has 6 heteroatoms. The van der Waals surface area contributed by atoms with Gasteiger partial charge in [0.15, 0.2) is 0 Å². The van der Waals surface area contributed by atoms with Crippen molar-refractivity contribution in [1.82, 2.24) is 4.98 Å². The van der Waals surface area contributed by atoms with Crippen molar-refractivity contribution >= 4 is 29.1 Å². The van der Waals surface area contributed by atoms with Crippen molar-refractivity contribution in [2.24, 2.45) is 11.8 Å². The molecule has 6 nitrogen and oxygen atoms in total. The number of hydrogen-bond donors (Lipinski definition) is 1. The molecular formula is C28H25N3O3. The number of para-hydroxylation sites is 1. The zero-order valence-corrected chi connectivity index (χ0v) is 18.9. The van der Waals surface area contributed by atoms with Crippen LogP contribution in [0.2, 0.25) is 0 Å². The SMILES string of the molecule is CC1=CC[C@@H]2C(=O)N(c3ccccc3C(=O)Nc3ccc(Cc4ccncc4)cc3)C(=O)[C@H]2C1. The number of nitrogens with zero attached hydrogens (tertiary/aromatic N) is 2. The molecule has 1 aromatic heterocycles. The van der Waals surface area contributed by atoms with Gasteiger partial charge in [-0.2, -0.15) is 0 Å². The smallest absolute Gasteiger partial charge is 0.257 e. The molecule has 1 fully saturated rings. The molecule has 3 amide bonds. The third-order valence-electron chi connectivity index (χ3n) is 6.58. The summed E-state index contributed by atoms with van der Waals surface area (Å²) in [6.07, 6.45) is 7.50. The van der Waals surface area contributed by atoms with Crippen molar-refractivity contribution in [1.29, 1.82) is 0 Å². The van der Waals surface area contributed by atoms with Gasteiger partial charge in [-0.15, -0.1) is 0 Å². The van der Waals surface area contributed by atoms with E-state index in [9.17, 15) is 14.4 Å². The molecule has 0 bridgehead atoms. The van der Waals surface area contributed by atoms with E-state index in [1.807, 2.05) is 49.4 Å². The first-order valence-electron chi connectivity index (χ1n) is 11.4. The monoisotopic (exact) mass is 451 g/mol. The van der Waals surface area contributed by atoms with Gasteiger partial charge in [0.05, 0.1) is 23.1 Å². The standard InChI is InChI=1S/C28H25N3O3/c1-18-6-11-22-24(16-18)28(34)31(27(22)33)25-5-3-2-4-23(25)26(32)30-21-9-7-19(8-10-21)17-20-12-14-29-15-13-20/h2-10,12-15,22,24H,11,16-17H2,1H3,(H,30,32)/t22-,24-/m0/s1. The van der Waals surface area contributed by atoms with Gasteiger partial charge < -0.3 is 5.32 Å². The lowest BCUT2D eigenvalue weighted by Crippen LogP contribution is -2.33. The third-order valence-corrected chi connectivity index (χ3v) is 6.58. The minimum absolute atomic E-state index is 0.219. The van der Waals surface area contributed by atoms with Gasteiger partial charge in [-0.3, -0.25) is 19.4 Å². The fraction of sp³-hybridized carbons (Fsp3) is 0.214. The van der Waals surface area contributed by atoms with Crippen molar-refractivity contribution in [2.45, 2.75) is 26.2 Å². The predicted octanol–water partition coefficient (Wildman–Crippen LogP) is 4.77. The normalized spacial score (nSPS) is 19.6. The fourth-order valence-electron chi connectivity index (χ4n) is 4.78. The number of allylic oxidation sites excluding steroid dienone is 2. The number of fused-ring (bicyclic) bond motifs is 1. The van der Waals surface area contributed by atoms with Crippen LogP contribution in [0.25, 0.3) is 0 Å². The van der Waals surface area contributed by atoms with E-state index < -0.39 is 0 Å². The van der Waals surface area contributed by atoms with Crippen LogP contribution in [0.5, 0.6) is 0 Å². The molecular weight excluding hydrogens is 426 g/mol. The Hall–Kier alpha value is -4.06. The Morgan fingerprint density at radius 3 is 2.38 bits per heavy atom. The molecule has 2 aromatic carbocycles. The average Bonchev–Trinajstić information content (AvgIpc) is 3.10. The number of imide groups is 1. The Morgan fingerprint density at radius 1 is 0.941 bits per heavy atom. The van der Waals surface area contributed by atoms with E-state index in [1.54, 1.807) is 36.7 Å². The number of hydrogen-bond acceptors (Lipinski definition) is 4. The van der Waals surface area contributed by atoms with Crippen LogP contribution in [0.4, 0.5) is 11.4 Å². The number of amides is 3. The first kappa shape index (κ1) is 21.8. The highest BCUT2D eigenvalue weighted by Crippen LogP contribution is 2.40. The van der Waals surface area contributed by atoms with Crippen molar-refractivity contribution in [2.75, 3.05) is 10.2 Å². The lowest BCUT2D eigenvalue weighted by Gasteiger charge is -2.19. The number of carbonyl (C=O) groups is 3. The van der Waals surface area contributed by atoms with Gasteiger partial charge in [-0.05, 0) is 73.7 Å². The van der Waals surface area contributed by atoms with E-state index in [1.165, 1.54) is 4.90 Å². The zero-order chi connectivity index (χ0) is 23.7. The number of benzene rings is 2. The van der Waals surface area contributed by atoms with E-state index in [2.05, 4.69) is 10.3 Å². The van der Waals surface area contributed by atoms with Gasteiger partial charge in [-0.25, -0.2) is 4.90 Å². The highest BCUT2D eigenvalue weighted by atomic mass is 16.2. The van der Waals surface area contributed by atoms with Gasteiger partial charge in [0.1, 0.15) is 0 Å². The minimum atomic E-state index is -0.359. The number of pyridine rings is 1. The van der Waals surface area contributed by atoms with E-state index in [4.69, 9.17) is 0 Å². The van der Waals surface area contributed by atoms with Crippen LogP contribution in [0.3, 0.4) is 0 Å². The van der Waals surface area contributed by atoms with Crippen LogP contribution in [0, 0.1) is 11.8 Å². The summed E-state index contributed by atoms with van der Waals surface area (Å²) < 4.78 is 0. The number of aromatic nitrogens is 1. The van der Waals surface area contributed by atoms with E-state index in [0.29, 0.717) is 29.8 Å². The summed E-state index contributed by atoms with van der Waals surface area (Å²) >= 11 is 0. The largest absolute Gasteiger partial charge is 0.322 e.